The second-order valence-corrected chi connectivity index (χ2v) is 11.3. The van der Waals surface area contributed by atoms with Gasteiger partial charge in [0, 0.05) is 18.9 Å². The highest BCUT2D eigenvalue weighted by Crippen LogP contribution is 2.37. The molecule has 0 aromatic heterocycles. The van der Waals surface area contributed by atoms with Crippen molar-refractivity contribution in [1.29, 1.82) is 0 Å². The maximum Gasteiger partial charge on any atom is 0.421 e. The Morgan fingerprint density at radius 2 is 1.63 bits per heavy atom. The number of thioether (sulfide) groups is 1. The largest absolute Gasteiger partial charge is 0.507 e. The molecule has 0 bridgehead atoms. The summed E-state index contributed by atoms with van der Waals surface area (Å²) in [4.78, 5) is 43.5. The van der Waals surface area contributed by atoms with Crippen molar-refractivity contribution in [3.63, 3.8) is 0 Å². The lowest BCUT2D eigenvalue weighted by atomic mass is 9.99. The van der Waals surface area contributed by atoms with Gasteiger partial charge in [0.15, 0.2) is 6.10 Å². The van der Waals surface area contributed by atoms with Crippen LogP contribution in [0.4, 0.5) is 0 Å². The van der Waals surface area contributed by atoms with Crippen LogP contribution in [0.5, 0.6) is 5.75 Å². The average Bonchev–Trinajstić information content (AvgIpc) is 2.97. The standard InChI is InChI=1S/C32H30N2O6S/c1-19-14-22(15-20(2)28(19)36)16-33-26-30(37)34-27(25(17-39-21(3)35)18-41-31(26)34)32(38)40-29(23-10-6-4-7-11-23)24-12-8-5-9-13-24/h4-16,25-26,29,31H,17-18H2,1-3H3/p+1/t25?,26-,31+/m1/s1. The molecule has 5 rings (SSSR count). The molecule has 41 heavy (non-hydrogen) atoms. The van der Waals surface area contributed by atoms with Crippen molar-refractivity contribution in [3.8, 4) is 5.75 Å². The number of nitrogens with zero attached hydrogens (tertiary/aromatic N) is 2. The molecule has 3 aromatic carbocycles. The number of hydrogen-bond donors (Lipinski definition) is 1. The summed E-state index contributed by atoms with van der Waals surface area (Å²) in [6, 6.07) is 21.8. The molecule has 0 radical (unpaired) electrons. The van der Waals surface area contributed by atoms with E-state index in [-0.39, 0.29) is 29.3 Å². The summed E-state index contributed by atoms with van der Waals surface area (Å²) in [6.07, 6.45) is 0.940. The summed E-state index contributed by atoms with van der Waals surface area (Å²) in [6.45, 7) is 4.89. The number of benzene rings is 3. The van der Waals surface area contributed by atoms with E-state index in [1.165, 1.54) is 23.3 Å². The molecule has 2 heterocycles. The number of hydrogen-bond acceptors (Lipinski definition) is 8. The van der Waals surface area contributed by atoms with Gasteiger partial charge in [-0.3, -0.25) is 9.79 Å². The number of carbonyl (C=O) groups is 3. The fraction of sp³-hybridized carbons (Fsp3) is 0.281. The highest BCUT2D eigenvalue weighted by Gasteiger charge is 2.62. The SMILES string of the molecule is CC(=O)OCC1CS[C@H]2[C@H](N=Cc3cc(C)c(O)c(C)c3)C(=O)[N+]2=C1C(=O)OC(c1ccccc1)c1ccccc1. The molecule has 1 amide bonds. The number of phenolic OH excluding ortho intramolecular Hbond substituents is 1. The molecule has 3 atom stereocenters. The second kappa shape index (κ2) is 12.1. The van der Waals surface area contributed by atoms with E-state index in [1.807, 2.05) is 60.7 Å². The topological polar surface area (TPSA) is 105 Å². The second-order valence-electron chi connectivity index (χ2n) is 10.1. The smallest absolute Gasteiger partial charge is 0.421 e. The fourth-order valence-electron chi connectivity index (χ4n) is 5.09. The molecule has 0 spiro atoms. The minimum atomic E-state index is -0.689. The minimum absolute atomic E-state index is 0.0371. The van der Waals surface area contributed by atoms with Crippen LogP contribution in [0.1, 0.15) is 40.8 Å². The van der Waals surface area contributed by atoms with Crippen LogP contribution in [0.15, 0.2) is 77.8 Å². The number of aromatic hydroxyl groups is 1. The molecule has 2 aliphatic rings. The van der Waals surface area contributed by atoms with Crippen molar-refractivity contribution in [2.75, 3.05) is 12.4 Å². The van der Waals surface area contributed by atoms with Crippen molar-refractivity contribution >= 4 is 41.5 Å². The first-order chi connectivity index (χ1) is 19.7. The van der Waals surface area contributed by atoms with E-state index >= 15 is 0 Å². The Kier molecular flexibility index (Phi) is 8.35. The van der Waals surface area contributed by atoms with Crippen molar-refractivity contribution in [1.82, 2.24) is 0 Å². The molecule has 210 valence electrons. The number of aliphatic imine (C=N–C) groups is 1. The van der Waals surface area contributed by atoms with Crippen molar-refractivity contribution in [2.24, 2.45) is 10.9 Å². The predicted octanol–water partition coefficient (Wildman–Crippen LogP) is 4.38. The zero-order chi connectivity index (χ0) is 29.1. The summed E-state index contributed by atoms with van der Waals surface area (Å²) in [5.74, 6) is -1.25. The lowest BCUT2D eigenvalue weighted by Gasteiger charge is -2.34. The van der Waals surface area contributed by atoms with Gasteiger partial charge in [-0.25, -0.2) is 9.59 Å². The van der Waals surface area contributed by atoms with Gasteiger partial charge in [-0.2, -0.15) is 0 Å². The lowest BCUT2D eigenvalue weighted by Crippen LogP contribution is -2.64. The molecule has 0 aliphatic carbocycles. The van der Waals surface area contributed by atoms with Crippen molar-refractivity contribution < 1.29 is 33.5 Å². The van der Waals surface area contributed by atoms with Gasteiger partial charge >= 0.3 is 17.8 Å². The summed E-state index contributed by atoms with van der Waals surface area (Å²) in [5, 5.41) is 9.68. The van der Waals surface area contributed by atoms with Crippen LogP contribution in [0.25, 0.3) is 0 Å². The first-order valence-corrected chi connectivity index (χ1v) is 14.4. The van der Waals surface area contributed by atoms with Gasteiger partial charge < -0.3 is 14.6 Å². The quantitative estimate of drug-likeness (QED) is 0.185. The monoisotopic (exact) mass is 571 g/mol. The van der Waals surface area contributed by atoms with Crippen LogP contribution in [0.2, 0.25) is 0 Å². The Morgan fingerprint density at radius 1 is 1.05 bits per heavy atom. The normalized spacial score (nSPS) is 20.1. The van der Waals surface area contributed by atoms with Crippen molar-refractivity contribution in [2.45, 2.75) is 38.3 Å². The van der Waals surface area contributed by atoms with E-state index in [2.05, 4.69) is 4.99 Å². The zero-order valence-electron chi connectivity index (χ0n) is 23.0. The molecule has 8 nitrogen and oxygen atoms in total. The number of phenols is 1. The van der Waals surface area contributed by atoms with Gasteiger partial charge in [0.1, 0.15) is 12.4 Å². The van der Waals surface area contributed by atoms with Crippen molar-refractivity contribution in [3.05, 3.63) is 101 Å². The Bertz CT molecular complexity index is 1470. The molecule has 1 unspecified atom stereocenters. The first kappa shape index (κ1) is 28.3. The maximum absolute atomic E-state index is 13.9. The van der Waals surface area contributed by atoms with E-state index < -0.39 is 30.0 Å². The fourth-order valence-corrected chi connectivity index (χ4v) is 6.51. The first-order valence-electron chi connectivity index (χ1n) is 13.3. The van der Waals surface area contributed by atoms with E-state index in [0.29, 0.717) is 5.75 Å². The minimum Gasteiger partial charge on any atom is -0.507 e. The van der Waals surface area contributed by atoms with Gasteiger partial charge in [-0.15, -0.1) is 4.58 Å². The third kappa shape index (κ3) is 5.95. The Balaban J connectivity index is 1.46. The molecule has 3 aromatic rings. The molecule has 2 aliphatic heterocycles. The zero-order valence-corrected chi connectivity index (χ0v) is 23.8. The van der Waals surface area contributed by atoms with Crippen LogP contribution in [0.3, 0.4) is 0 Å². The third-order valence-corrected chi connectivity index (χ3v) is 8.56. The van der Waals surface area contributed by atoms with E-state index in [9.17, 15) is 19.5 Å². The van der Waals surface area contributed by atoms with Gasteiger partial charge in [0.05, 0.1) is 5.92 Å². The highest BCUT2D eigenvalue weighted by molar-refractivity contribution is 8.00. The molecule has 9 heteroatoms. The van der Waals surface area contributed by atoms with Gasteiger partial charge in [-0.1, -0.05) is 72.4 Å². The van der Waals surface area contributed by atoms with Crippen LogP contribution in [0, 0.1) is 19.8 Å². The summed E-state index contributed by atoms with van der Waals surface area (Å²) >= 11 is 1.49. The van der Waals surface area contributed by atoms with Gasteiger partial charge in [-0.05, 0) is 53.8 Å². The van der Waals surface area contributed by atoms with Crippen LogP contribution >= 0.6 is 11.8 Å². The number of esters is 2. The summed E-state index contributed by atoms with van der Waals surface area (Å²) in [7, 11) is 0. The average molecular weight is 572 g/mol. The number of β-lactam (4-membered cyclic amide) rings is 1. The third-order valence-electron chi connectivity index (χ3n) is 7.15. The van der Waals surface area contributed by atoms with E-state index in [4.69, 9.17) is 9.47 Å². The number of fused-ring (bicyclic) bond motifs is 1. The molecular formula is C32H31N2O6S+. The summed E-state index contributed by atoms with van der Waals surface area (Å²) in [5.41, 5.74) is 3.98. The lowest BCUT2D eigenvalue weighted by molar-refractivity contribution is -0.511. The Labute approximate surface area is 242 Å². The van der Waals surface area contributed by atoms with Crippen LogP contribution in [-0.4, -0.2) is 63.2 Å². The molecule has 1 fully saturated rings. The molecular weight excluding hydrogens is 540 g/mol. The highest BCUT2D eigenvalue weighted by atomic mass is 32.2. The molecule has 1 saturated heterocycles. The number of aryl methyl sites for hydroxylation is 2. The Hall–Kier alpha value is -4.24. The number of ether oxygens (including phenoxy) is 2. The number of rotatable bonds is 8. The van der Waals surface area contributed by atoms with Crippen LogP contribution in [-0.2, 0) is 23.9 Å². The number of amides is 1. The number of carbonyl (C=O) groups excluding carboxylic acids is 3. The van der Waals surface area contributed by atoms with Crippen LogP contribution < -0.4 is 0 Å². The maximum atomic E-state index is 13.9. The predicted molar refractivity (Wildman–Crippen MR) is 156 cm³/mol. The van der Waals surface area contributed by atoms with Gasteiger partial charge in [0.2, 0.25) is 11.4 Å². The molecule has 1 N–H and O–H groups in total. The summed E-state index contributed by atoms with van der Waals surface area (Å²) < 4.78 is 12.8. The van der Waals surface area contributed by atoms with E-state index in [1.54, 1.807) is 32.2 Å². The molecule has 0 saturated carbocycles. The van der Waals surface area contributed by atoms with E-state index in [0.717, 1.165) is 27.8 Å². The Morgan fingerprint density at radius 3 is 2.20 bits per heavy atom. The van der Waals surface area contributed by atoms with Gasteiger partial charge in [0.25, 0.3) is 5.71 Å².